The van der Waals surface area contributed by atoms with Crippen molar-refractivity contribution in [3.8, 4) is 11.8 Å². The van der Waals surface area contributed by atoms with Crippen molar-refractivity contribution >= 4 is 23.2 Å². The van der Waals surface area contributed by atoms with Crippen molar-refractivity contribution < 1.29 is 9.53 Å². The fourth-order valence-electron chi connectivity index (χ4n) is 1.77. The number of anilines is 1. The smallest absolute Gasteiger partial charge is 0.267 e. The Kier molecular flexibility index (Phi) is 7.27. The van der Waals surface area contributed by atoms with Crippen LogP contribution in [0.3, 0.4) is 0 Å². The lowest BCUT2D eigenvalue weighted by molar-refractivity contribution is -0.112. The maximum Gasteiger partial charge on any atom is 0.267 e. The van der Waals surface area contributed by atoms with Gasteiger partial charge < -0.3 is 15.0 Å². The number of amides is 1. The summed E-state index contributed by atoms with van der Waals surface area (Å²) in [6, 6.07) is 6.81. The molecule has 1 N–H and O–H groups in total. The second-order valence-corrected chi connectivity index (χ2v) is 5.20. The van der Waals surface area contributed by atoms with E-state index in [1.54, 1.807) is 24.4 Å². The Balaban J connectivity index is 2.79. The Bertz CT molecular complexity index is 594. The Morgan fingerprint density at radius 3 is 2.82 bits per heavy atom. The molecule has 6 heteroatoms. The minimum absolute atomic E-state index is 0.0468. The van der Waals surface area contributed by atoms with E-state index in [1.807, 2.05) is 18.0 Å². The van der Waals surface area contributed by atoms with Gasteiger partial charge in [0.2, 0.25) is 0 Å². The summed E-state index contributed by atoms with van der Waals surface area (Å²) in [6.07, 6.45) is 3.61. The molecule has 1 aromatic rings. The van der Waals surface area contributed by atoms with Crippen LogP contribution in [0.25, 0.3) is 0 Å². The number of rotatable bonds is 7. The van der Waals surface area contributed by atoms with E-state index >= 15 is 0 Å². The van der Waals surface area contributed by atoms with Gasteiger partial charge >= 0.3 is 0 Å². The number of unbranched alkanes of at least 4 members (excludes halogenated alkanes) is 1. The van der Waals surface area contributed by atoms with Crippen LogP contribution in [0.1, 0.15) is 19.8 Å². The summed E-state index contributed by atoms with van der Waals surface area (Å²) in [5, 5.41) is 12.2. The van der Waals surface area contributed by atoms with Gasteiger partial charge in [0.15, 0.2) is 0 Å². The number of benzene rings is 1. The molecule has 0 heterocycles. The zero-order valence-electron chi connectivity index (χ0n) is 13.0. The fourth-order valence-corrected chi connectivity index (χ4v) is 2.03. The van der Waals surface area contributed by atoms with Gasteiger partial charge in [0.1, 0.15) is 17.4 Å². The van der Waals surface area contributed by atoms with Crippen molar-refractivity contribution in [3.05, 3.63) is 35.0 Å². The molecule has 0 atom stereocenters. The summed E-state index contributed by atoms with van der Waals surface area (Å²) in [5.41, 5.74) is 0.554. The Hall–Kier alpha value is -2.19. The number of nitriles is 1. The molecule has 0 aliphatic rings. The molecule has 0 spiro atoms. The molecule has 0 aromatic heterocycles. The molecule has 0 saturated heterocycles. The Labute approximate surface area is 136 Å². The number of carbonyl (C=O) groups is 1. The van der Waals surface area contributed by atoms with Gasteiger partial charge in [0.05, 0.1) is 12.1 Å². The maximum atomic E-state index is 12.1. The van der Waals surface area contributed by atoms with E-state index in [2.05, 4.69) is 12.2 Å². The molecule has 1 rings (SSSR count). The van der Waals surface area contributed by atoms with Gasteiger partial charge in [-0.05, 0) is 24.6 Å². The van der Waals surface area contributed by atoms with Crippen LogP contribution < -0.4 is 10.1 Å². The first-order chi connectivity index (χ1) is 10.5. The summed E-state index contributed by atoms with van der Waals surface area (Å²) in [5.74, 6) is 0.0575. The molecule has 5 nitrogen and oxygen atoms in total. The molecule has 118 valence electrons. The molecule has 0 saturated carbocycles. The molecule has 0 unspecified atom stereocenters. The van der Waals surface area contributed by atoms with E-state index in [-0.39, 0.29) is 5.57 Å². The van der Waals surface area contributed by atoms with E-state index in [1.165, 1.54) is 7.11 Å². The zero-order valence-corrected chi connectivity index (χ0v) is 13.8. The number of hydrogen-bond donors (Lipinski definition) is 1. The third kappa shape index (κ3) is 5.30. The van der Waals surface area contributed by atoms with Gasteiger partial charge in [-0.2, -0.15) is 5.26 Å². The standard InChI is InChI=1S/C16H20ClN3O2/c1-4-5-8-20(2)11-12(10-18)16(21)19-13-6-7-15(22-3)14(17)9-13/h6-7,9,11H,4-5,8H2,1-3H3,(H,19,21)/b12-11-. The van der Waals surface area contributed by atoms with Crippen molar-refractivity contribution in [1.29, 1.82) is 5.26 Å². The minimum Gasteiger partial charge on any atom is -0.495 e. The summed E-state index contributed by atoms with van der Waals surface area (Å²) in [6.45, 7) is 2.88. The number of hydrogen-bond acceptors (Lipinski definition) is 4. The number of halogens is 1. The lowest BCUT2D eigenvalue weighted by Crippen LogP contribution is -2.19. The first kappa shape index (κ1) is 17.9. The van der Waals surface area contributed by atoms with E-state index in [9.17, 15) is 4.79 Å². The number of ether oxygens (including phenoxy) is 1. The van der Waals surface area contributed by atoms with Crippen LogP contribution in [-0.4, -0.2) is 31.5 Å². The minimum atomic E-state index is -0.466. The highest BCUT2D eigenvalue weighted by molar-refractivity contribution is 6.32. The lowest BCUT2D eigenvalue weighted by Gasteiger charge is -2.14. The highest BCUT2D eigenvalue weighted by Crippen LogP contribution is 2.27. The van der Waals surface area contributed by atoms with Crippen LogP contribution in [0.15, 0.2) is 30.0 Å². The second-order valence-electron chi connectivity index (χ2n) is 4.79. The zero-order chi connectivity index (χ0) is 16.5. The molecule has 22 heavy (non-hydrogen) atoms. The molecule has 1 aromatic carbocycles. The van der Waals surface area contributed by atoms with Crippen LogP contribution in [0.4, 0.5) is 5.69 Å². The molecule has 1 amide bonds. The fraction of sp³-hybridized carbons (Fsp3) is 0.375. The SMILES string of the molecule is CCCCN(C)/C=C(/C#N)C(=O)Nc1ccc(OC)c(Cl)c1. The van der Waals surface area contributed by atoms with Crippen molar-refractivity contribution in [3.63, 3.8) is 0 Å². The average molecular weight is 322 g/mol. The van der Waals surface area contributed by atoms with Gasteiger partial charge in [0, 0.05) is 25.5 Å². The molecule has 0 aliphatic carbocycles. The Morgan fingerprint density at radius 1 is 1.55 bits per heavy atom. The van der Waals surface area contributed by atoms with E-state index in [0.717, 1.165) is 19.4 Å². The number of methoxy groups -OCH3 is 1. The third-order valence-corrected chi connectivity index (χ3v) is 3.28. The van der Waals surface area contributed by atoms with Crippen molar-refractivity contribution in [1.82, 2.24) is 4.90 Å². The summed E-state index contributed by atoms with van der Waals surface area (Å²) in [4.78, 5) is 14.0. The number of nitrogens with zero attached hydrogens (tertiary/aromatic N) is 2. The van der Waals surface area contributed by atoms with Crippen LogP contribution in [0.5, 0.6) is 5.75 Å². The molecule has 0 radical (unpaired) electrons. The third-order valence-electron chi connectivity index (χ3n) is 2.99. The summed E-state index contributed by atoms with van der Waals surface area (Å²) < 4.78 is 5.05. The largest absolute Gasteiger partial charge is 0.495 e. The summed E-state index contributed by atoms with van der Waals surface area (Å²) >= 11 is 6.00. The van der Waals surface area contributed by atoms with Crippen LogP contribution in [0.2, 0.25) is 5.02 Å². The van der Waals surface area contributed by atoms with Gasteiger partial charge in [0.25, 0.3) is 5.91 Å². The van der Waals surface area contributed by atoms with Crippen molar-refractivity contribution in [2.75, 3.05) is 26.0 Å². The Morgan fingerprint density at radius 2 is 2.27 bits per heavy atom. The van der Waals surface area contributed by atoms with Gasteiger partial charge in [-0.15, -0.1) is 0 Å². The predicted octanol–water partition coefficient (Wildman–Crippen LogP) is 3.43. The van der Waals surface area contributed by atoms with Crippen molar-refractivity contribution in [2.45, 2.75) is 19.8 Å². The van der Waals surface area contributed by atoms with E-state index < -0.39 is 5.91 Å². The van der Waals surface area contributed by atoms with Crippen LogP contribution in [0, 0.1) is 11.3 Å². The first-order valence-corrected chi connectivity index (χ1v) is 7.36. The molecular weight excluding hydrogens is 302 g/mol. The molecule has 0 fully saturated rings. The lowest BCUT2D eigenvalue weighted by atomic mass is 10.2. The van der Waals surface area contributed by atoms with Crippen molar-refractivity contribution in [2.24, 2.45) is 0 Å². The second kappa shape index (κ2) is 8.96. The first-order valence-electron chi connectivity index (χ1n) is 6.98. The van der Waals surface area contributed by atoms with E-state index in [4.69, 9.17) is 21.6 Å². The maximum absolute atomic E-state index is 12.1. The quantitative estimate of drug-likeness (QED) is 0.617. The molecule has 0 aliphatic heterocycles. The monoisotopic (exact) mass is 321 g/mol. The van der Waals surface area contributed by atoms with E-state index in [0.29, 0.717) is 16.5 Å². The predicted molar refractivity (Wildman–Crippen MR) is 87.9 cm³/mol. The van der Waals surface area contributed by atoms with Gasteiger partial charge in [-0.25, -0.2) is 0 Å². The van der Waals surface area contributed by atoms with Gasteiger partial charge in [-0.1, -0.05) is 24.9 Å². The van der Waals surface area contributed by atoms with Gasteiger partial charge in [-0.3, -0.25) is 4.79 Å². The molecular formula is C16H20ClN3O2. The average Bonchev–Trinajstić information content (AvgIpc) is 2.50. The number of nitrogens with one attached hydrogen (secondary N) is 1. The summed E-state index contributed by atoms with van der Waals surface area (Å²) in [7, 11) is 3.35. The molecule has 0 bridgehead atoms. The number of carbonyl (C=O) groups excluding carboxylic acids is 1. The topological polar surface area (TPSA) is 65.4 Å². The highest BCUT2D eigenvalue weighted by Gasteiger charge is 2.11. The highest BCUT2D eigenvalue weighted by atomic mass is 35.5. The van der Waals surface area contributed by atoms with Crippen LogP contribution in [-0.2, 0) is 4.79 Å². The normalized spacial score (nSPS) is 10.8. The van der Waals surface area contributed by atoms with Crippen LogP contribution >= 0.6 is 11.6 Å².